The molecule has 0 aromatic carbocycles. The van der Waals surface area contributed by atoms with Crippen molar-refractivity contribution in [3.05, 3.63) is 53.1 Å². The number of nitrogens with zero attached hydrogens (tertiary/aromatic N) is 1. The number of carbonyl (C=O) groups excluding carboxylic acids is 2. The highest BCUT2D eigenvalue weighted by Gasteiger charge is 2.46. The number of ether oxygens (including phenoxy) is 1. The maximum absolute atomic E-state index is 12.9. The van der Waals surface area contributed by atoms with Gasteiger partial charge in [-0.3, -0.25) is 9.78 Å². The van der Waals surface area contributed by atoms with E-state index in [1.807, 2.05) is 32.9 Å². The Morgan fingerprint density at radius 3 is 2.58 bits per heavy atom. The standard InChI is InChI=1S/C19H22N2O3/c1-11-15(18(23)24-4)16(12-5-7-20-8-6-12)17-13(21-11)9-19(2,3)10-14(17)22/h5-9,16-17,21H,10H2,1-4H3. The number of allylic oxidation sites excluding steroid dienone is 3. The van der Waals surface area contributed by atoms with Gasteiger partial charge in [0, 0.05) is 36.1 Å². The Kier molecular flexibility index (Phi) is 4.03. The van der Waals surface area contributed by atoms with Crippen molar-refractivity contribution >= 4 is 11.8 Å². The van der Waals surface area contributed by atoms with E-state index in [9.17, 15) is 9.59 Å². The molecule has 0 amide bonds. The van der Waals surface area contributed by atoms with E-state index in [4.69, 9.17) is 4.74 Å². The molecule has 2 aliphatic rings. The van der Waals surface area contributed by atoms with Gasteiger partial charge in [0.1, 0.15) is 5.78 Å². The van der Waals surface area contributed by atoms with E-state index < -0.39 is 11.9 Å². The Morgan fingerprint density at radius 1 is 1.29 bits per heavy atom. The molecule has 1 aliphatic heterocycles. The van der Waals surface area contributed by atoms with Crippen LogP contribution in [0.5, 0.6) is 0 Å². The van der Waals surface area contributed by atoms with Gasteiger partial charge in [-0.2, -0.15) is 0 Å². The molecule has 24 heavy (non-hydrogen) atoms. The molecular formula is C19H22N2O3. The molecule has 5 heteroatoms. The predicted octanol–water partition coefficient (Wildman–Crippen LogP) is 2.71. The summed E-state index contributed by atoms with van der Waals surface area (Å²) in [4.78, 5) is 29.4. The molecule has 1 aliphatic carbocycles. The summed E-state index contributed by atoms with van der Waals surface area (Å²) in [6.45, 7) is 5.95. The van der Waals surface area contributed by atoms with Crippen LogP contribution < -0.4 is 5.32 Å². The van der Waals surface area contributed by atoms with Gasteiger partial charge in [-0.15, -0.1) is 0 Å². The molecule has 1 aromatic rings. The summed E-state index contributed by atoms with van der Waals surface area (Å²) >= 11 is 0. The maximum Gasteiger partial charge on any atom is 0.336 e. The summed E-state index contributed by atoms with van der Waals surface area (Å²) in [5, 5.41) is 3.27. The van der Waals surface area contributed by atoms with Gasteiger partial charge in [0.25, 0.3) is 0 Å². The van der Waals surface area contributed by atoms with Crippen LogP contribution in [0.2, 0.25) is 0 Å². The molecule has 2 heterocycles. The minimum absolute atomic E-state index is 0.140. The van der Waals surface area contributed by atoms with Crippen molar-refractivity contribution in [2.24, 2.45) is 11.3 Å². The summed E-state index contributed by atoms with van der Waals surface area (Å²) in [5.41, 5.74) is 2.83. The van der Waals surface area contributed by atoms with Crippen LogP contribution in [0.15, 0.2) is 47.6 Å². The van der Waals surface area contributed by atoms with Gasteiger partial charge in [0.15, 0.2) is 0 Å². The van der Waals surface area contributed by atoms with Crippen molar-refractivity contribution in [1.29, 1.82) is 0 Å². The highest BCUT2D eigenvalue weighted by Crippen LogP contribution is 2.46. The number of methoxy groups -OCH3 is 1. The van der Waals surface area contributed by atoms with Crippen molar-refractivity contribution in [2.45, 2.75) is 33.1 Å². The first-order valence-electron chi connectivity index (χ1n) is 8.05. The second-order valence-electron chi connectivity index (χ2n) is 7.12. The average molecular weight is 326 g/mol. The Balaban J connectivity index is 2.21. The zero-order chi connectivity index (χ0) is 17.5. The number of rotatable bonds is 2. The Hall–Kier alpha value is -2.43. The third kappa shape index (κ3) is 2.75. The van der Waals surface area contributed by atoms with Gasteiger partial charge in [-0.05, 0) is 30.0 Å². The number of aromatic nitrogens is 1. The van der Waals surface area contributed by atoms with Gasteiger partial charge in [0.05, 0.1) is 18.6 Å². The van der Waals surface area contributed by atoms with Crippen LogP contribution in [-0.2, 0) is 14.3 Å². The van der Waals surface area contributed by atoms with E-state index in [0.29, 0.717) is 12.0 Å². The molecular weight excluding hydrogens is 304 g/mol. The normalized spacial score (nSPS) is 25.5. The minimum Gasteiger partial charge on any atom is -0.466 e. The Morgan fingerprint density at radius 2 is 1.96 bits per heavy atom. The molecule has 2 unspecified atom stereocenters. The molecule has 0 radical (unpaired) electrons. The fourth-order valence-electron chi connectivity index (χ4n) is 3.78. The molecule has 1 N–H and O–H groups in total. The number of hydrogen-bond donors (Lipinski definition) is 1. The van der Waals surface area contributed by atoms with E-state index in [0.717, 1.165) is 17.0 Å². The van der Waals surface area contributed by atoms with Crippen molar-refractivity contribution in [3.63, 3.8) is 0 Å². The fraction of sp³-hybridized carbons (Fsp3) is 0.421. The molecule has 1 aromatic heterocycles. The fourth-order valence-corrected chi connectivity index (χ4v) is 3.78. The molecule has 0 spiro atoms. The summed E-state index contributed by atoms with van der Waals surface area (Å²) in [5.74, 6) is -1.01. The van der Waals surface area contributed by atoms with Crippen LogP contribution in [0.1, 0.15) is 38.7 Å². The quantitative estimate of drug-likeness (QED) is 0.846. The number of fused-ring (bicyclic) bond motifs is 1. The van der Waals surface area contributed by atoms with Gasteiger partial charge in [-0.1, -0.05) is 19.9 Å². The van der Waals surface area contributed by atoms with Crippen LogP contribution in [0.25, 0.3) is 0 Å². The molecule has 0 saturated heterocycles. The number of esters is 1. The SMILES string of the molecule is COC(=O)C1=C(C)NC2=CC(C)(C)CC(=O)C2C1c1ccncc1. The largest absolute Gasteiger partial charge is 0.466 e. The number of ketones is 1. The lowest BCUT2D eigenvalue weighted by molar-refractivity contribution is -0.136. The molecule has 2 atom stereocenters. The zero-order valence-corrected chi connectivity index (χ0v) is 14.4. The first kappa shape index (κ1) is 16.4. The molecule has 5 nitrogen and oxygen atoms in total. The highest BCUT2D eigenvalue weighted by atomic mass is 16.5. The van der Waals surface area contributed by atoms with Gasteiger partial charge < -0.3 is 10.1 Å². The Labute approximate surface area is 141 Å². The number of carbonyl (C=O) groups is 2. The van der Waals surface area contributed by atoms with Crippen molar-refractivity contribution in [3.8, 4) is 0 Å². The van der Waals surface area contributed by atoms with E-state index in [2.05, 4.69) is 16.4 Å². The Bertz CT molecular complexity index is 747. The minimum atomic E-state index is -0.404. The molecule has 0 saturated carbocycles. The van der Waals surface area contributed by atoms with Crippen LogP contribution in [0.4, 0.5) is 0 Å². The summed E-state index contributed by atoms with van der Waals surface area (Å²) in [6, 6.07) is 3.72. The summed E-state index contributed by atoms with van der Waals surface area (Å²) < 4.78 is 4.98. The first-order chi connectivity index (χ1) is 11.3. The second-order valence-corrected chi connectivity index (χ2v) is 7.12. The maximum atomic E-state index is 12.9. The molecule has 126 valence electrons. The monoisotopic (exact) mass is 326 g/mol. The van der Waals surface area contributed by atoms with Crippen LogP contribution in [-0.4, -0.2) is 23.8 Å². The third-order valence-corrected chi connectivity index (χ3v) is 4.71. The first-order valence-corrected chi connectivity index (χ1v) is 8.05. The van der Waals surface area contributed by atoms with Crippen molar-refractivity contribution in [2.75, 3.05) is 7.11 Å². The summed E-state index contributed by atoms with van der Waals surface area (Å²) in [6.07, 6.45) is 5.94. The number of hydrogen-bond acceptors (Lipinski definition) is 5. The number of pyridine rings is 1. The average Bonchev–Trinajstić information content (AvgIpc) is 2.52. The predicted molar refractivity (Wildman–Crippen MR) is 89.8 cm³/mol. The number of nitrogens with one attached hydrogen (secondary N) is 1. The van der Waals surface area contributed by atoms with E-state index >= 15 is 0 Å². The zero-order valence-electron chi connectivity index (χ0n) is 14.4. The van der Waals surface area contributed by atoms with Crippen molar-refractivity contribution in [1.82, 2.24) is 10.3 Å². The van der Waals surface area contributed by atoms with Gasteiger partial charge in [-0.25, -0.2) is 4.79 Å². The summed E-state index contributed by atoms with van der Waals surface area (Å²) in [7, 11) is 1.36. The topological polar surface area (TPSA) is 68.3 Å². The lowest BCUT2D eigenvalue weighted by atomic mass is 9.66. The molecule has 0 bridgehead atoms. The van der Waals surface area contributed by atoms with E-state index in [1.54, 1.807) is 12.4 Å². The van der Waals surface area contributed by atoms with Crippen LogP contribution in [0.3, 0.4) is 0 Å². The second kappa shape index (κ2) is 5.89. The highest BCUT2D eigenvalue weighted by molar-refractivity contribution is 5.96. The van der Waals surface area contributed by atoms with Crippen molar-refractivity contribution < 1.29 is 14.3 Å². The van der Waals surface area contributed by atoms with E-state index in [1.165, 1.54) is 7.11 Å². The lowest BCUT2D eigenvalue weighted by Crippen LogP contribution is -2.43. The molecule has 0 fully saturated rings. The third-order valence-electron chi connectivity index (χ3n) is 4.71. The van der Waals surface area contributed by atoms with Gasteiger partial charge >= 0.3 is 5.97 Å². The van der Waals surface area contributed by atoms with E-state index in [-0.39, 0.29) is 17.1 Å². The molecule has 3 rings (SSSR count). The number of Topliss-reactive ketones (excluding diaryl/α,β-unsaturated/α-hetero) is 1. The lowest BCUT2D eigenvalue weighted by Gasteiger charge is -2.41. The van der Waals surface area contributed by atoms with Gasteiger partial charge in [0.2, 0.25) is 0 Å². The van der Waals surface area contributed by atoms with Crippen LogP contribution in [0, 0.1) is 11.3 Å². The smallest absolute Gasteiger partial charge is 0.336 e. The van der Waals surface area contributed by atoms with Crippen LogP contribution >= 0.6 is 0 Å².